The van der Waals surface area contributed by atoms with Crippen molar-refractivity contribution in [3.05, 3.63) is 24.6 Å². The van der Waals surface area contributed by atoms with Gasteiger partial charge in [0.25, 0.3) is 5.91 Å². The van der Waals surface area contributed by atoms with Gasteiger partial charge in [0.15, 0.2) is 11.5 Å². The molecule has 0 saturated carbocycles. The van der Waals surface area contributed by atoms with Crippen LogP contribution in [0.5, 0.6) is 17.2 Å². The van der Waals surface area contributed by atoms with E-state index in [0.29, 0.717) is 29.4 Å². The van der Waals surface area contributed by atoms with Gasteiger partial charge in [-0.2, -0.15) is 0 Å². The Morgan fingerprint density at radius 3 is 2.14 bits per heavy atom. The monoisotopic (exact) mass is 294 g/mol. The van der Waals surface area contributed by atoms with Crippen molar-refractivity contribution in [2.75, 3.05) is 27.9 Å². The van der Waals surface area contributed by atoms with Gasteiger partial charge in [-0.15, -0.1) is 0 Å². The first-order valence-corrected chi connectivity index (χ1v) is 7.05. The van der Waals surface area contributed by atoms with E-state index in [1.165, 1.54) is 21.3 Å². The van der Waals surface area contributed by atoms with Crippen molar-refractivity contribution in [2.24, 2.45) is 0 Å². The molecule has 117 valence electrons. The van der Waals surface area contributed by atoms with Crippen molar-refractivity contribution in [3.63, 3.8) is 0 Å². The van der Waals surface area contributed by atoms with E-state index in [2.05, 4.69) is 12.2 Å². The molecule has 1 amide bonds. The van der Waals surface area contributed by atoms with Crippen LogP contribution < -0.4 is 19.5 Å². The van der Waals surface area contributed by atoms with E-state index in [1.54, 1.807) is 12.1 Å². The second kappa shape index (κ2) is 9.10. The van der Waals surface area contributed by atoms with E-state index < -0.39 is 0 Å². The molecule has 0 heterocycles. The van der Waals surface area contributed by atoms with Gasteiger partial charge in [0.05, 0.1) is 21.3 Å². The van der Waals surface area contributed by atoms with Crippen LogP contribution in [0.2, 0.25) is 0 Å². The quantitative estimate of drug-likeness (QED) is 0.712. The van der Waals surface area contributed by atoms with Gasteiger partial charge in [0, 0.05) is 12.1 Å². The molecule has 0 spiro atoms. The average molecular weight is 294 g/mol. The first-order chi connectivity index (χ1) is 10.2. The van der Waals surface area contributed by atoms with Gasteiger partial charge in [-0.3, -0.25) is 4.79 Å². The third kappa shape index (κ3) is 4.85. The van der Waals surface area contributed by atoms with E-state index >= 15 is 0 Å². The molecular weight excluding hydrogens is 270 g/mol. The Labute approximate surface area is 126 Å². The summed E-state index contributed by atoms with van der Waals surface area (Å²) >= 11 is 0. The van der Waals surface area contributed by atoms with Gasteiger partial charge in [-0.05, 0) is 18.6 Å². The molecule has 21 heavy (non-hydrogen) atoms. The average Bonchev–Trinajstić information content (AvgIpc) is 2.52. The van der Waals surface area contributed by atoms with E-state index in [4.69, 9.17) is 14.2 Å². The Morgan fingerprint density at radius 2 is 1.67 bits per heavy atom. The fourth-order valence-corrected chi connectivity index (χ4v) is 1.99. The number of hydrogen-bond acceptors (Lipinski definition) is 4. The third-order valence-electron chi connectivity index (χ3n) is 3.14. The summed E-state index contributed by atoms with van der Waals surface area (Å²) in [6, 6.07) is 3.29. The SMILES string of the molecule is [CH2]CCCCCNC(=O)c1cc(OC)c(OC)c(OC)c1. The molecule has 0 unspecified atom stereocenters. The number of ether oxygens (including phenoxy) is 3. The van der Waals surface area contributed by atoms with Gasteiger partial charge in [-0.1, -0.05) is 26.2 Å². The maximum Gasteiger partial charge on any atom is 0.251 e. The molecule has 0 aliphatic heterocycles. The number of unbranched alkanes of at least 4 members (excludes halogenated alkanes) is 3. The van der Waals surface area contributed by atoms with Crippen molar-refractivity contribution in [1.82, 2.24) is 5.32 Å². The Balaban J connectivity index is 2.75. The molecule has 1 radical (unpaired) electrons. The van der Waals surface area contributed by atoms with E-state index in [-0.39, 0.29) is 5.91 Å². The van der Waals surface area contributed by atoms with Crippen LogP contribution in [0.4, 0.5) is 0 Å². The van der Waals surface area contributed by atoms with Crippen LogP contribution in [0.25, 0.3) is 0 Å². The normalized spacial score (nSPS) is 10.1. The number of amides is 1. The van der Waals surface area contributed by atoms with Gasteiger partial charge in [0.1, 0.15) is 0 Å². The Kier molecular flexibility index (Phi) is 7.43. The highest BCUT2D eigenvalue weighted by molar-refractivity contribution is 5.95. The Morgan fingerprint density at radius 1 is 1.05 bits per heavy atom. The van der Waals surface area contributed by atoms with E-state index in [9.17, 15) is 4.79 Å². The van der Waals surface area contributed by atoms with Crippen LogP contribution in [0.3, 0.4) is 0 Å². The summed E-state index contributed by atoms with van der Waals surface area (Å²) in [6.07, 6.45) is 4.03. The number of methoxy groups -OCH3 is 3. The van der Waals surface area contributed by atoms with Crippen molar-refractivity contribution in [1.29, 1.82) is 0 Å². The fraction of sp³-hybridized carbons (Fsp3) is 0.500. The zero-order valence-electron chi connectivity index (χ0n) is 13.0. The zero-order valence-corrected chi connectivity index (χ0v) is 13.0. The number of benzene rings is 1. The number of carbonyl (C=O) groups excluding carboxylic acids is 1. The first-order valence-electron chi connectivity index (χ1n) is 7.05. The topological polar surface area (TPSA) is 56.8 Å². The van der Waals surface area contributed by atoms with Crippen molar-refractivity contribution in [2.45, 2.75) is 25.7 Å². The molecule has 0 bridgehead atoms. The van der Waals surface area contributed by atoms with Gasteiger partial charge in [-0.25, -0.2) is 0 Å². The standard InChI is InChI=1S/C16H24NO4/c1-5-6-7-8-9-17-16(18)12-10-13(19-2)15(21-4)14(11-12)20-3/h10-11H,1,5-9H2,2-4H3,(H,17,18). The first kappa shape index (κ1) is 17.1. The molecule has 0 saturated heterocycles. The minimum absolute atomic E-state index is 0.149. The summed E-state index contributed by atoms with van der Waals surface area (Å²) in [5, 5.41) is 2.89. The molecule has 1 aromatic rings. The van der Waals surface area contributed by atoms with Gasteiger partial charge < -0.3 is 19.5 Å². The molecule has 5 nitrogen and oxygen atoms in total. The second-order valence-electron chi connectivity index (χ2n) is 4.58. The molecule has 0 atom stereocenters. The van der Waals surface area contributed by atoms with Crippen LogP contribution >= 0.6 is 0 Å². The van der Waals surface area contributed by atoms with Crippen molar-refractivity contribution < 1.29 is 19.0 Å². The molecular formula is C16H24NO4. The van der Waals surface area contributed by atoms with Crippen molar-refractivity contribution >= 4 is 5.91 Å². The van der Waals surface area contributed by atoms with Gasteiger partial charge in [0.2, 0.25) is 5.75 Å². The highest BCUT2D eigenvalue weighted by Gasteiger charge is 2.16. The number of rotatable bonds is 9. The lowest BCUT2D eigenvalue weighted by molar-refractivity contribution is 0.0952. The summed E-state index contributed by atoms with van der Waals surface area (Å²) in [5.74, 6) is 1.27. The fourth-order valence-electron chi connectivity index (χ4n) is 1.99. The van der Waals surface area contributed by atoms with Gasteiger partial charge >= 0.3 is 0 Å². The molecule has 1 aromatic carbocycles. The van der Waals surface area contributed by atoms with E-state index in [1.807, 2.05) is 0 Å². The lowest BCUT2D eigenvalue weighted by Crippen LogP contribution is -2.24. The lowest BCUT2D eigenvalue weighted by Gasteiger charge is -2.14. The van der Waals surface area contributed by atoms with Crippen LogP contribution in [-0.2, 0) is 0 Å². The van der Waals surface area contributed by atoms with Crippen LogP contribution in [0, 0.1) is 6.92 Å². The Bertz CT molecular complexity index is 435. The summed E-state index contributed by atoms with van der Waals surface area (Å²) in [5.41, 5.74) is 0.488. The summed E-state index contributed by atoms with van der Waals surface area (Å²) in [4.78, 5) is 12.1. The van der Waals surface area contributed by atoms with E-state index in [0.717, 1.165) is 25.7 Å². The molecule has 1 N–H and O–H groups in total. The largest absolute Gasteiger partial charge is 0.493 e. The molecule has 0 aromatic heterocycles. The third-order valence-corrected chi connectivity index (χ3v) is 3.14. The predicted molar refractivity (Wildman–Crippen MR) is 82.3 cm³/mol. The summed E-state index contributed by atoms with van der Waals surface area (Å²) in [6.45, 7) is 4.44. The zero-order chi connectivity index (χ0) is 15.7. The molecule has 0 fully saturated rings. The van der Waals surface area contributed by atoms with Crippen molar-refractivity contribution in [3.8, 4) is 17.2 Å². The summed E-state index contributed by atoms with van der Waals surface area (Å²) < 4.78 is 15.7. The number of hydrogen-bond donors (Lipinski definition) is 1. The number of carbonyl (C=O) groups is 1. The highest BCUT2D eigenvalue weighted by atomic mass is 16.5. The lowest BCUT2D eigenvalue weighted by atomic mass is 10.1. The molecule has 0 aliphatic carbocycles. The molecule has 0 aliphatic rings. The minimum Gasteiger partial charge on any atom is -0.493 e. The molecule has 5 heteroatoms. The maximum atomic E-state index is 12.1. The molecule has 1 rings (SSSR count). The predicted octanol–water partition coefficient (Wildman–Crippen LogP) is 2.84. The smallest absolute Gasteiger partial charge is 0.251 e. The van der Waals surface area contributed by atoms with Crippen LogP contribution in [0.15, 0.2) is 12.1 Å². The minimum atomic E-state index is -0.149. The Hall–Kier alpha value is -1.91. The van der Waals surface area contributed by atoms with Crippen LogP contribution in [-0.4, -0.2) is 33.8 Å². The highest BCUT2D eigenvalue weighted by Crippen LogP contribution is 2.38. The number of nitrogens with one attached hydrogen (secondary N) is 1. The summed E-state index contributed by atoms with van der Waals surface area (Å²) in [7, 11) is 4.58. The maximum absolute atomic E-state index is 12.1. The van der Waals surface area contributed by atoms with Crippen LogP contribution in [0.1, 0.15) is 36.0 Å². The second-order valence-corrected chi connectivity index (χ2v) is 4.58.